The molecule has 0 N–H and O–H groups in total. The van der Waals surface area contributed by atoms with Crippen LogP contribution in [0.5, 0.6) is 23.3 Å². The molecule has 0 saturated carbocycles. The van der Waals surface area contributed by atoms with Gasteiger partial charge in [-0.25, -0.2) is 9.97 Å². The molecule has 0 bridgehead atoms. The molecule has 4 rings (SSSR count). The van der Waals surface area contributed by atoms with Crippen LogP contribution in [0.3, 0.4) is 0 Å². The lowest BCUT2D eigenvalue weighted by molar-refractivity contribution is -0.289. The van der Waals surface area contributed by atoms with Gasteiger partial charge in [0.2, 0.25) is 11.8 Å². The largest absolute Gasteiger partial charge is 0.491 e. The summed E-state index contributed by atoms with van der Waals surface area (Å²) < 4.78 is 91.4. The third kappa shape index (κ3) is 6.90. The van der Waals surface area contributed by atoms with Gasteiger partial charge < -0.3 is 28.6 Å². The Morgan fingerprint density at radius 3 is 2.44 bits per heavy atom. The molecule has 2 aliphatic rings. The highest BCUT2D eigenvalue weighted by atomic mass is 19.4. The third-order valence-corrected chi connectivity index (χ3v) is 6.44. The number of hydrogen-bond donors (Lipinski definition) is 0. The van der Waals surface area contributed by atoms with Crippen molar-refractivity contribution in [3.63, 3.8) is 0 Å². The molecule has 0 amide bonds. The molecule has 0 radical (unpaired) electrons. The molecule has 39 heavy (non-hydrogen) atoms. The van der Waals surface area contributed by atoms with E-state index in [1.807, 2.05) is 4.90 Å². The van der Waals surface area contributed by atoms with Crippen LogP contribution in [0.1, 0.15) is 37.9 Å². The van der Waals surface area contributed by atoms with Crippen LogP contribution in [-0.4, -0.2) is 68.1 Å². The van der Waals surface area contributed by atoms with Crippen molar-refractivity contribution in [2.45, 2.75) is 44.4 Å². The first kappa shape index (κ1) is 28.4. The molecule has 2 aromatic heterocycles. The molecule has 1 saturated heterocycles. The third-order valence-electron chi connectivity index (χ3n) is 6.44. The molecule has 214 valence electrons. The normalized spacial score (nSPS) is 18.1. The number of carbonyl (C=O) groups excluding carboxylic acids is 1. The Balaban J connectivity index is 1.36. The van der Waals surface area contributed by atoms with Gasteiger partial charge in [-0.05, 0) is 18.8 Å². The maximum Gasteiger partial charge on any atom is 0.456 e. The lowest BCUT2D eigenvalue weighted by Gasteiger charge is -2.34. The monoisotopic (exact) mass is 561 g/mol. The molecule has 9 nitrogen and oxygen atoms in total. The summed E-state index contributed by atoms with van der Waals surface area (Å²) in [5.41, 5.74) is 0.999. The number of halogens is 5. The van der Waals surface area contributed by atoms with Gasteiger partial charge in [0.05, 0.1) is 38.4 Å². The number of pyridine rings is 2. The Bertz CT molecular complexity index is 1160. The van der Waals surface area contributed by atoms with Crippen LogP contribution < -0.4 is 23.8 Å². The average molecular weight is 562 g/mol. The van der Waals surface area contributed by atoms with E-state index in [9.17, 15) is 26.7 Å². The van der Waals surface area contributed by atoms with Gasteiger partial charge in [-0.3, -0.25) is 4.79 Å². The molecule has 0 spiro atoms. The van der Waals surface area contributed by atoms with Gasteiger partial charge >= 0.3 is 18.1 Å². The minimum atomic E-state index is -5.73. The number of esters is 1. The summed E-state index contributed by atoms with van der Waals surface area (Å²) in [7, 11) is 1.36. The number of nitrogens with zero attached hydrogens (tertiary/aromatic N) is 3. The Labute approximate surface area is 221 Å². The Hall–Kier alpha value is -3.58. The topological polar surface area (TPSA) is 92.2 Å². The minimum Gasteiger partial charge on any atom is -0.491 e. The number of aromatic nitrogens is 2. The summed E-state index contributed by atoms with van der Waals surface area (Å²) in [5.74, 6) is -4.41. The molecule has 14 heteroatoms. The van der Waals surface area contributed by atoms with E-state index in [1.54, 1.807) is 6.07 Å². The first-order chi connectivity index (χ1) is 18.5. The highest BCUT2D eigenvalue weighted by molar-refractivity contribution is 5.66. The number of carbonyl (C=O) groups is 1. The molecule has 0 aliphatic carbocycles. The van der Waals surface area contributed by atoms with Gasteiger partial charge in [0.15, 0.2) is 12.4 Å². The lowest BCUT2D eigenvalue weighted by atomic mass is 9.97. The number of methoxy groups -OCH3 is 1. The summed E-state index contributed by atoms with van der Waals surface area (Å²) in [5, 5.41) is 0. The molecule has 2 aliphatic heterocycles. The van der Waals surface area contributed by atoms with E-state index in [0.29, 0.717) is 68.4 Å². The predicted molar refractivity (Wildman–Crippen MR) is 127 cm³/mol. The SMILES string of the molecule is COc1cc(N2CCC(COc3cc4c(cn3)OCCC4OC(C)=O)CC2)c(OCC(F)(F)C(F)(F)F)cn1. The molecular formula is C25H28F5N3O6. The fourth-order valence-corrected chi connectivity index (χ4v) is 4.32. The van der Waals surface area contributed by atoms with Crippen LogP contribution in [0.15, 0.2) is 24.5 Å². The fraction of sp³-hybridized carbons (Fsp3) is 0.560. The van der Waals surface area contributed by atoms with Crippen molar-refractivity contribution in [1.82, 2.24) is 9.97 Å². The van der Waals surface area contributed by atoms with Gasteiger partial charge in [-0.15, -0.1) is 0 Å². The summed E-state index contributed by atoms with van der Waals surface area (Å²) in [6, 6.07) is 3.14. The zero-order valence-electron chi connectivity index (χ0n) is 21.3. The lowest BCUT2D eigenvalue weighted by Crippen LogP contribution is -2.42. The van der Waals surface area contributed by atoms with Crippen molar-refractivity contribution in [3.05, 3.63) is 30.1 Å². The first-order valence-corrected chi connectivity index (χ1v) is 12.3. The predicted octanol–water partition coefficient (Wildman–Crippen LogP) is 4.74. The molecule has 1 atom stereocenters. The molecule has 0 aromatic carbocycles. The number of fused-ring (bicyclic) bond motifs is 1. The number of alkyl halides is 5. The maximum atomic E-state index is 13.4. The van der Waals surface area contributed by atoms with Crippen LogP contribution in [0.4, 0.5) is 27.6 Å². The van der Waals surface area contributed by atoms with Gasteiger partial charge in [0.25, 0.3) is 0 Å². The zero-order valence-corrected chi connectivity index (χ0v) is 21.3. The molecule has 2 aromatic rings. The van der Waals surface area contributed by atoms with Crippen LogP contribution in [0.2, 0.25) is 0 Å². The second kappa shape index (κ2) is 11.7. The van der Waals surface area contributed by atoms with Crippen molar-refractivity contribution >= 4 is 11.7 Å². The van der Waals surface area contributed by atoms with E-state index in [4.69, 9.17) is 23.7 Å². The highest BCUT2D eigenvalue weighted by Crippen LogP contribution is 2.39. The van der Waals surface area contributed by atoms with Crippen molar-refractivity contribution in [1.29, 1.82) is 0 Å². The summed E-state index contributed by atoms with van der Waals surface area (Å²) >= 11 is 0. The zero-order chi connectivity index (χ0) is 28.2. The summed E-state index contributed by atoms with van der Waals surface area (Å²) in [6.07, 6.45) is -1.75. The van der Waals surface area contributed by atoms with E-state index in [0.717, 1.165) is 6.20 Å². The summed E-state index contributed by atoms with van der Waals surface area (Å²) in [4.78, 5) is 21.4. The molecule has 4 heterocycles. The Morgan fingerprint density at radius 1 is 1.05 bits per heavy atom. The molecule has 1 unspecified atom stereocenters. The number of piperidine rings is 1. The van der Waals surface area contributed by atoms with Crippen molar-refractivity contribution in [2.24, 2.45) is 5.92 Å². The maximum absolute atomic E-state index is 13.4. The second-order valence-electron chi connectivity index (χ2n) is 9.22. The van der Waals surface area contributed by atoms with E-state index in [2.05, 4.69) is 9.97 Å². The smallest absolute Gasteiger partial charge is 0.456 e. The van der Waals surface area contributed by atoms with E-state index < -0.39 is 30.8 Å². The van der Waals surface area contributed by atoms with Crippen molar-refractivity contribution < 1.29 is 50.4 Å². The van der Waals surface area contributed by atoms with E-state index in [1.165, 1.54) is 26.3 Å². The van der Waals surface area contributed by atoms with Gasteiger partial charge in [-0.1, -0.05) is 0 Å². The van der Waals surface area contributed by atoms with Crippen LogP contribution >= 0.6 is 0 Å². The van der Waals surface area contributed by atoms with Gasteiger partial charge in [0.1, 0.15) is 11.9 Å². The minimum absolute atomic E-state index is 0.127. The second-order valence-corrected chi connectivity index (χ2v) is 9.22. The first-order valence-electron chi connectivity index (χ1n) is 12.3. The van der Waals surface area contributed by atoms with Crippen molar-refractivity contribution in [3.8, 4) is 23.3 Å². The van der Waals surface area contributed by atoms with Crippen LogP contribution in [0, 0.1) is 5.92 Å². The quantitative estimate of drug-likeness (QED) is 0.318. The average Bonchev–Trinajstić information content (AvgIpc) is 2.90. The van der Waals surface area contributed by atoms with E-state index >= 15 is 0 Å². The van der Waals surface area contributed by atoms with Crippen molar-refractivity contribution in [2.75, 3.05) is 44.9 Å². The standard InChI is InChI=1S/C25H28F5N3O6/c1-15(34)39-19-5-8-36-20-11-32-23(9-17(19)20)37-13-16-3-6-33(7-4-16)18-10-22(35-2)31-12-21(18)38-14-24(26,27)25(28,29)30/h9-12,16,19H,3-8,13-14H2,1-2H3. The van der Waals surface area contributed by atoms with Gasteiger partial charge in [0, 0.05) is 44.1 Å². The summed E-state index contributed by atoms with van der Waals surface area (Å²) in [6.45, 7) is 1.17. The van der Waals surface area contributed by atoms with Gasteiger partial charge in [-0.2, -0.15) is 22.0 Å². The number of anilines is 1. The van der Waals surface area contributed by atoms with Crippen LogP contribution in [-0.2, 0) is 9.53 Å². The fourth-order valence-electron chi connectivity index (χ4n) is 4.32. The number of ether oxygens (including phenoxy) is 5. The highest BCUT2D eigenvalue weighted by Gasteiger charge is 2.58. The Morgan fingerprint density at radius 2 is 1.77 bits per heavy atom. The molecular weight excluding hydrogens is 533 g/mol. The molecule has 1 fully saturated rings. The Kier molecular flexibility index (Phi) is 8.50. The van der Waals surface area contributed by atoms with E-state index in [-0.39, 0.29) is 17.5 Å². The van der Waals surface area contributed by atoms with Crippen LogP contribution in [0.25, 0.3) is 0 Å². The number of hydrogen-bond acceptors (Lipinski definition) is 9. The number of rotatable bonds is 9.